The van der Waals surface area contributed by atoms with E-state index in [4.69, 9.17) is 4.74 Å². The number of allylic oxidation sites excluding steroid dienone is 2. The number of amides is 3. The van der Waals surface area contributed by atoms with Crippen molar-refractivity contribution in [2.45, 2.75) is 13.3 Å². The molecule has 6 atom stereocenters. The molecular formula is C22H22N2O5. The van der Waals surface area contributed by atoms with Gasteiger partial charge in [0, 0.05) is 5.69 Å². The van der Waals surface area contributed by atoms with Crippen LogP contribution in [0.2, 0.25) is 0 Å². The molecule has 1 aromatic rings. The molecule has 5 aliphatic rings. The molecule has 6 rings (SSSR count). The molecule has 7 nitrogen and oxygen atoms in total. The molecule has 7 heteroatoms. The zero-order valence-electron chi connectivity index (χ0n) is 16.0. The number of nitrogens with one attached hydrogen (secondary N) is 1. The van der Waals surface area contributed by atoms with Gasteiger partial charge in [-0.1, -0.05) is 12.2 Å². The Kier molecular flexibility index (Phi) is 4.08. The van der Waals surface area contributed by atoms with E-state index >= 15 is 0 Å². The van der Waals surface area contributed by atoms with Crippen LogP contribution in [-0.4, -0.2) is 41.7 Å². The Hall–Kier alpha value is -2.96. The SMILES string of the molecule is CCOC(=O)c1ccc(NC(=O)CN2C(=O)[C@@H]3[C@@H]4C=C[C@H]([C@H]5C[C@@H]45)[C@@H]3C2=O)cc1. The van der Waals surface area contributed by atoms with E-state index in [1.807, 2.05) is 0 Å². The van der Waals surface area contributed by atoms with Crippen molar-refractivity contribution in [2.75, 3.05) is 18.5 Å². The molecule has 2 bridgehead atoms. The minimum absolute atomic E-state index is 0.148. The zero-order valence-corrected chi connectivity index (χ0v) is 16.0. The van der Waals surface area contributed by atoms with E-state index in [1.54, 1.807) is 31.2 Å². The summed E-state index contributed by atoms with van der Waals surface area (Å²) in [5.74, 6) is -0.498. The lowest BCUT2D eigenvalue weighted by Crippen LogP contribution is -2.40. The molecule has 0 unspecified atom stereocenters. The second-order valence-electron chi connectivity index (χ2n) is 8.26. The number of imide groups is 1. The number of likely N-dealkylation sites (tertiary alicyclic amines) is 1. The number of esters is 1. The monoisotopic (exact) mass is 394 g/mol. The number of benzene rings is 1. The van der Waals surface area contributed by atoms with Crippen molar-refractivity contribution in [1.29, 1.82) is 0 Å². The fraction of sp³-hybridized carbons (Fsp3) is 0.455. The molecule has 1 aromatic carbocycles. The van der Waals surface area contributed by atoms with Crippen LogP contribution in [-0.2, 0) is 19.1 Å². The van der Waals surface area contributed by atoms with Gasteiger partial charge in [-0.15, -0.1) is 0 Å². The smallest absolute Gasteiger partial charge is 0.338 e. The molecule has 150 valence electrons. The summed E-state index contributed by atoms with van der Waals surface area (Å²) in [6.45, 7) is 1.74. The summed E-state index contributed by atoms with van der Waals surface area (Å²) in [6.07, 6.45) is 5.33. The number of carbonyl (C=O) groups is 4. The van der Waals surface area contributed by atoms with Crippen LogP contribution in [0.25, 0.3) is 0 Å². The van der Waals surface area contributed by atoms with Gasteiger partial charge >= 0.3 is 5.97 Å². The van der Waals surface area contributed by atoms with E-state index in [9.17, 15) is 19.2 Å². The molecule has 4 aliphatic carbocycles. The molecule has 29 heavy (non-hydrogen) atoms. The summed E-state index contributed by atoms with van der Waals surface area (Å²) in [5, 5.41) is 2.69. The van der Waals surface area contributed by atoms with Crippen LogP contribution in [0.15, 0.2) is 36.4 Å². The minimum atomic E-state index is -0.431. The molecule has 0 spiro atoms. The molecule has 2 saturated carbocycles. The number of hydrogen-bond acceptors (Lipinski definition) is 5. The number of carbonyl (C=O) groups excluding carboxylic acids is 4. The fourth-order valence-corrected chi connectivity index (χ4v) is 5.42. The van der Waals surface area contributed by atoms with Gasteiger partial charge in [0.1, 0.15) is 6.54 Å². The lowest BCUT2D eigenvalue weighted by Gasteiger charge is -2.37. The minimum Gasteiger partial charge on any atom is -0.462 e. The highest BCUT2D eigenvalue weighted by atomic mass is 16.5. The van der Waals surface area contributed by atoms with Crippen LogP contribution >= 0.6 is 0 Å². The van der Waals surface area contributed by atoms with E-state index in [2.05, 4.69) is 17.5 Å². The van der Waals surface area contributed by atoms with Gasteiger partial charge in [0.25, 0.3) is 0 Å². The number of rotatable bonds is 5. The Labute approximate surface area is 168 Å². The Balaban J connectivity index is 1.24. The van der Waals surface area contributed by atoms with Crippen molar-refractivity contribution >= 4 is 29.4 Å². The molecule has 0 aromatic heterocycles. The van der Waals surface area contributed by atoms with E-state index in [-0.39, 0.29) is 48.6 Å². The standard InChI is InChI=1S/C22H22N2O5/c1-2-29-22(28)11-3-5-12(6-4-11)23-17(25)10-24-20(26)18-13-7-8-14(16-9-15(13)16)19(18)21(24)27/h3-8,13-16,18-19H,2,9-10H2,1H3,(H,23,25)/t13-,14-,15-,16+,18+,19-/m1/s1. The molecule has 1 heterocycles. The summed E-state index contributed by atoms with van der Waals surface area (Å²) in [5.41, 5.74) is 0.878. The third kappa shape index (κ3) is 2.79. The van der Waals surface area contributed by atoms with Crippen molar-refractivity contribution < 1.29 is 23.9 Å². The number of hydrogen-bond donors (Lipinski definition) is 1. The van der Waals surface area contributed by atoms with Crippen LogP contribution in [0.1, 0.15) is 23.7 Å². The van der Waals surface area contributed by atoms with Crippen molar-refractivity contribution in [1.82, 2.24) is 4.90 Å². The van der Waals surface area contributed by atoms with Gasteiger partial charge in [-0.3, -0.25) is 19.3 Å². The zero-order chi connectivity index (χ0) is 20.3. The second-order valence-corrected chi connectivity index (χ2v) is 8.26. The molecule has 1 aliphatic heterocycles. The summed E-state index contributed by atoms with van der Waals surface area (Å²) < 4.78 is 4.93. The quantitative estimate of drug-likeness (QED) is 0.467. The highest BCUT2D eigenvalue weighted by Crippen LogP contribution is 2.65. The van der Waals surface area contributed by atoms with Crippen LogP contribution < -0.4 is 5.32 Å². The summed E-state index contributed by atoms with van der Waals surface area (Å²) in [4.78, 5) is 51.1. The van der Waals surface area contributed by atoms with Crippen LogP contribution in [0.5, 0.6) is 0 Å². The largest absolute Gasteiger partial charge is 0.462 e. The van der Waals surface area contributed by atoms with E-state index in [1.165, 1.54) is 0 Å². The molecular weight excluding hydrogens is 372 g/mol. The van der Waals surface area contributed by atoms with Gasteiger partial charge in [-0.2, -0.15) is 0 Å². The Morgan fingerprint density at radius 1 is 1.03 bits per heavy atom. The van der Waals surface area contributed by atoms with Crippen LogP contribution in [0, 0.1) is 35.5 Å². The third-order valence-corrected chi connectivity index (χ3v) is 6.74. The maximum atomic E-state index is 12.9. The van der Waals surface area contributed by atoms with Gasteiger partial charge in [0.15, 0.2) is 0 Å². The van der Waals surface area contributed by atoms with Crippen molar-refractivity contribution in [3.63, 3.8) is 0 Å². The summed E-state index contributed by atoms with van der Waals surface area (Å²) in [6, 6.07) is 6.30. The number of anilines is 1. The molecule has 3 fully saturated rings. The average molecular weight is 394 g/mol. The highest BCUT2D eigenvalue weighted by Gasteiger charge is 2.67. The van der Waals surface area contributed by atoms with E-state index < -0.39 is 11.9 Å². The number of nitrogens with zero attached hydrogens (tertiary/aromatic N) is 1. The van der Waals surface area contributed by atoms with Gasteiger partial charge in [0.05, 0.1) is 24.0 Å². The Morgan fingerprint density at radius 2 is 1.62 bits per heavy atom. The first kappa shape index (κ1) is 18.1. The maximum Gasteiger partial charge on any atom is 0.338 e. The van der Waals surface area contributed by atoms with E-state index in [0.717, 1.165) is 11.3 Å². The van der Waals surface area contributed by atoms with Gasteiger partial charge in [-0.25, -0.2) is 4.79 Å². The van der Waals surface area contributed by atoms with Gasteiger partial charge in [0.2, 0.25) is 17.7 Å². The molecule has 3 amide bonds. The highest BCUT2D eigenvalue weighted by molar-refractivity contribution is 6.09. The van der Waals surface area contributed by atoms with Crippen molar-refractivity contribution in [3.8, 4) is 0 Å². The van der Waals surface area contributed by atoms with Gasteiger partial charge in [-0.05, 0) is 61.3 Å². The lowest BCUT2D eigenvalue weighted by molar-refractivity contribution is -0.142. The topological polar surface area (TPSA) is 92.8 Å². The average Bonchev–Trinajstić information content (AvgIpc) is 3.50. The fourth-order valence-electron chi connectivity index (χ4n) is 5.42. The van der Waals surface area contributed by atoms with E-state index in [0.29, 0.717) is 23.1 Å². The van der Waals surface area contributed by atoms with Crippen LogP contribution in [0.3, 0.4) is 0 Å². The van der Waals surface area contributed by atoms with Crippen molar-refractivity contribution in [3.05, 3.63) is 42.0 Å². The Bertz CT molecular complexity index is 901. The molecule has 1 saturated heterocycles. The maximum absolute atomic E-state index is 12.9. The van der Waals surface area contributed by atoms with Crippen LogP contribution in [0.4, 0.5) is 5.69 Å². The summed E-state index contributed by atoms with van der Waals surface area (Å²) >= 11 is 0. The lowest BCUT2D eigenvalue weighted by atomic mass is 9.63. The predicted octanol–water partition coefficient (Wildman–Crippen LogP) is 1.85. The normalized spacial score (nSPS) is 33.3. The van der Waals surface area contributed by atoms with Gasteiger partial charge < -0.3 is 10.1 Å². The summed E-state index contributed by atoms with van der Waals surface area (Å²) in [7, 11) is 0. The van der Waals surface area contributed by atoms with Crippen molar-refractivity contribution in [2.24, 2.45) is 35.5 Å². The molecule has 1 N–H and O–H groups in total. The first-order valence-corrected chi connectivity index (χ1v) is 10.1. The Morgan fingerprint density at radius 3 is 2.17 bits per heavy atom. The third-order valence-electron chi connectivity index (χ3n) is 6.74. The first-order valence-electron chi connectivity index (χ1n) is 10.1. The predicted molar refractivity (Wildman–Crippen MR) is 102 cm³/mol. The number of ether oxygens (including phenoxy) is 1. The second kappa shape index (κ2) is 6.54. The molecule has 0 radical (unpaired) electrons. The first-order chi connectivity index (χ1) is 14.0.